The summed E-state index contributed by atoms with van der Waals surface area (Å²) in [6.07, 6.45) is 2.51. The molecule has 0 radical (unpaired) electrons. The van der Waals surface area contributed by atoms with Crippen LogP contribution in [0.4, 0.5) is 0 Å². The molecule has 1 amide bonds. The number of nitrogens with zero attached hydrogens (tertiary/aromatic N) is 2. The number of carbonyl (C=O) groups excluding carboxylic acids is 1. The number of aliphatic hydroxyl groups is 1. The number of para-hydroxylation sites is 2. The second-order valence-electron chi connectivity index (χ2n) is 7.83. The van der Waals surface area contributed by atoms with Gasteiger partial charge in [0.05, 0.1) is 5.56 Å². The van der Waals surface area contributed by atoms with E-state index in [0.717, 1.165) is 19.6 Å². The molecule has 2 aliphatic heterocycles. The Morgan fingerprint density at radius 3 is 2.39 bits per heavy atom. The Balaban J connectivity index is 1.48. The van der Waals surface area contributed by atoms with Gasteiger partial charge in [0, 0.05) is 32.2 Å². The van der Waals surface area contributed by atoms with Crippen LogP contribution in [0.3, 0.4) is 0 Å². The summed E-state index contributed by atoms with van der Waals surface area (Å²) in [5, 5.41) is 9.85. The van der Waals surface area contributed by atoms with Crippen molar-refractivity contribution in [1.29, 1.82) is 0 Å². The third-order valence-corrected chi connectivity index (χ3v) is 5.88. The van der Waals surface area contributed by atoms with Crippen molar-refractivity contribution in [2.75, 3.05) is 39.3 Å². The minimum Gasteiger partial charge on any atom is -0.457 e. The summed E-state index contributed by atoms with van der Waals surface area (Å²) in [7, 11) is 0. The van der Waals surface area contributed by atoms with Gasteiger partial charge in [-0.3, -0.25) is 4.79 Å². The van der Waals surface area contributed by atoms with Gasteiger partial charge >= 0.3 is 0 Å². The van der Waals surface area contributed by atoms with E-state index < -0.39 is 0 Å². The SMILES string of the molecule is O=C(c1ccccc1Oc1ccccc1)N1C[C@@H](CO)[C@@H](CN2CCCC2)C1. The van der Waals surface area contributed by atoms with Crippen molar-refractivity contribution in [3.8, 4) is 11.5 Å². The fourth-order valence-corrected chi connectivity index (χ4v) is 4.33. The molecule has 1 N–H and O–H groups in total. The maximum atomic E-state index is 13.3. The summed E-state index contributed by atoms with van der Waals surface area (Å²) in [4.78, 5) is 17.6. The molecule has 5 heteroatoms. The molecule has 148 valence electrons. The highest BCUT2D eigenvalue weighted by Gasteiger charge is 2.37. The lowest BCUT2D eigenvalue weighted by atomic mass is 9.96. The van der Waals surface area contributed by atoms with Crippen LogP contribution in [0.5, 0.6) is 11.5 Å². The van der Waals surface area contributed by atoms with Crippen LogP contribution in [-0.2, 0) is 0 Å². The quantitative estimate of drug-likeness (QED) is 0.836. The first-order chi connectivity index (χ1) is 13.7. The van der Waals surface area contributed by atoms with Crippen molar-refractivity contribution in [1.82, 2.24) is 9.80 Å². The Kier molecular flexibility index (Phi) is 5.93. The minimum absolute atomic E-state index is 0.0195. The maximum Gasteiger partial charge on any atom is 0.257 e. The standard InChI is InChI=1S/C23H28N2O3/c26-17-19-16-25(15-18(19)14-24-12-6-7-13-24)23(27)21-10-4-5-11-22(21)28-20-8-2-1-3-9-20/h1-5,8-11,18-19,26H,6-7,12-17H2/t18-,19-/m0/s1. The van der Waals surface area contributed by atoms with Gasteiger partial charge in [-0.25, -0.2) is 0 Å². The Bertz CT molecular complexity index is 789. The number of likely N-dealkylation sites (tertiary alicyclic amines) is 2. The van der Waals surface area contributed by atoms with Crippen LogP contribution < -0.4 is 4.74 Å². The van der Waals surface area contributed by atoms with E-state index in [4.69, 9.17) is 4.74 Å². The number of ether oxygens (including phenoxy) is 1. The molecular formula is C23H28N2O3. The highest BCUT2D eigenvalue weighted by molar-refractivity contribution is 5.97. The van der Waals surface area contributed by atoms with E-state index in [1.165, 1.54) is 12.8 Å². The molecule has 0 spiro atoms. The van der Waals surface area contributed by atoms with E-state index in [1.54, 1.807) is 0 Å². The van der Waals surface area contributed by atoms with Crippen LogP contribution in [-0.4, -0.2) is 60.1 Å². The summed E-state index contributed by atoms with van der Waals surface area (Å²) >= 11 is 0. The first kappa shape index (κ1) is 19.0. The Morgan fingerprint density at radius 1 is 0.964 bits per heavy atom. The van der Waals surface area contributed by atoms with Crippen molar-refractivity contribution >= 4 is 5.91 Å². The third kappa shape index (κ3) is 4.21. The number of hydrogen-bond donors (Lipinski definition) is 1. The molecule has 28 heavy (non-hydrogen) atoms. The molecule has 2 heterocycles. The van der Waals surface area contributed by atoms with Crippen LogP contribution >= 0.6 is 0 Å². The number of amides is 1. The Hall–Kier alpha value is -2.37. The molecule has 2 fully saturated rings. The minimum atomic E-state index is -0.0195. The van der Waals surface area contributed by atoms with Crippen LogP contribution in [0.1, 0.15) is 23.2 Å². The number of rotatable bonds is 6. The lowest BCUT2D eigenvalue weighted by Crippen LogP contribution is -2.32. The summed E-state index contributed by atoms with van der Waals surface area (Å²) in [5.74, 6) is 1.74. The van der Waals surface area contributed by atoms with E-state index in [2.05, 4.69) is 4.90 Å². The summed E-state index contributed by atoms with van der Waals surface area (Å²) in [6.45, 7) is 4.67. The second kappa shape index (κ2) is 8.76. The molecule has 2 aliphatic rings. The monoisotopic (exact) mass is 380 g/mol. The van der Waals surface area contributed by atoms with E-state index in [1.807, 2.05) is 59.5 Å². The molecule has 4 rings (SSSR count). The number of carbonyl (C=O) groups is 1. The zero-order valence-corrected chi connectivity index (χ0v) is 16.2. The van der Waals surface area contributed by atoms with Crippen molar-refractivity contribution < 1.29 is 14.6 Å². The van der Waals surface area contributed by atoms with Gasteiger partial charge < -0.3 is 19.6 Å². The average Bonchev–Trinajstić information content (AvgIpc) is 3.39. The summed E-state index contributed by atoms with van der Waals surface area (Å²) in [6, 6.07) is 16.9. The van der Waals surface area contributed by atoms with Gasteiger partial charge in [0.1, 0.15) is 11.5 Å². The molecule has 5 nitrogen and oxygen atoms in total. The molecule has 2 aromatic rings. The summed E-state index contributed by atoms with van der Waals surface area (Å²) < 4.78 is 5.97. The number of hydrogen-bond acceptors (Lipinski definition) is 4. The van der Waals surface area contributed by atoms with Gasteiger partial charge in [-0.05, 0) is 56.1 Å². The lowest BCUT2D eigenvalue weighted by Gasteiger charge is -2.23. The molecule has 2 saturated heterocycles. The second-order valence-corrected chi connectivity index (χ2v) is 7.83. The van der Waals surface area contributed by atoms with E-state index in [0.29, 0.717) is 36.1 Å². The van der Waals surface area contributed by atoms with Gasteiger partial charge in [-0.1, -0.05) is 30.3 Å². The number of benzene rings is 2. The molecule has 0 bridgehead atoms. The fraction of sp³-hybridized carbons (Fsp3) is 0.435. The van der Waals surface area contributed by atoms with Crippen molar-refractivity contribution in [2.24, 2.45) is 11.8 Å². The van der Waals surface area contributed by atoms with Gasteiger partial charge in [-0.2, -0.15) is 0 Å². The highest BCUT2D eigenvalue weighted by atomic mass is 16.5. The molecule has 2 aromatic carbocycles. The topological polar surface area (TPSA) is 53.0 Å². The Labute approximate surface area is 166 Å². The zero-order valence-electron chi connectivity index (χ0n) is 16.2. The highest BCUT2D eigenvalue weighted by Crippen LogP contribution is 2.30. The molecule has 0 aliphatic carbocycles. The smallest absolute Gasteiger partial charge is 0.257 e. The van der Waals surface area contributed by atoms with Gasteiger partial charge in [0.2, 0.25) is 0 Å². The van der Waals surface area contributed by atoms with E-state index in [9.17, 15) is 9.90 Å². The zero-order chi connectivity index (χ0) is 19.3. The molecule has 0 saturated carbocycles. The van der Waals surface area contributed by atoms with Crippen molar-refractivity contribution in [3.05, 3.63) is 60.2 Å². The van der Waals surface area contributed by atoms with Gasteiger partial charge in [0.25, 0.3) is 5.91 Å². The largest absolute Gasteiger partial charge is 0.457 e. The predicted octanol–water partition coefficient (Wildman–Crippen LogP) is 3.26. The molecule has 2 atom stereocenters. The van der Waals surface area contributed by atoms with Crippen molar-refractivity contribution in [3.63, 3.8) is 0 Å². The lowest BCUT2D eigenvalue weighted by molar-refractivity contribution is 0.0776. The van der Waals surface area contributed by atoms with Gasteiger partial charge in [0.15, 0.2) is 0 Å². The van der Waals surface area contributed by atoms with Gasteiger partial charge in [-0.15, -0.1) is 0 Å². The molecular weight excluding hydrogens is 352 g/mol. The van der Waals surface area contributed by atoms with Crippen LogP contribution in [0.25, 0.3) is 0 Å². The average molecular weight is 380 g/mol. The number of aliphatic hydroxyl groups excluding tert-OH is 1. The Morgan fingerprint density at radius 2 is 1.64 bits per heavy atom. The fourth-order valence-electron chi connectivity index (χ4n) is 4.33. The van der Waals surface area contributed by atoms with Crippen LogP contribution in [0.2, 0.25) is 0 Å². The van der Waals surface area contributed by atoms with Crippen LogP contribution in [0, 0.1) is 11.8 Å². The molecule has 0 aromatic heterocycles. The first-order valence-corrected chi connectivity index (χ1v) is 10.2. The normalized spacial score (nSPS) is 22.5. The van der Waals surface area contributed by atoms with E-state index in [-0.39, 0.29) is 18.4 Å². The summed E-state index contributed by atoms with van der Waals surface area (Å²) in [5.41, 5.74) is 0.574. The first-order valence-electron chi connectivity index (χ1n) is 10.2. The van der Waals surface area contributed by atoms with Crippen LogP contribution in [0.15, 0.2) is 54.6 Å². The van der Waals surface area contributed by atoms with E-state index >= 15 is 0 Å². The third-order valence-electron chi connectivity index (χ3n) is 5.88. The maximum absolute atomic E-state index is 13.3. The van der Waals surface area contributed by atoms with Crippen molar-refractivity contribution in [2.45, 2.75) is 12.8 Å². The predicted molar refractivity (Wildman–Crippen MR) is 109 cm³/mol. The molecule has 0 unspecified atom stereocenters.